The normalized spacial score (nSPS) is 16.7. The molecule has 24 heavy (non-hydrogen) atoms. The maximum absolute atomic E-state index is 6.18. The number of likely N-dealkylation sites (tertiary alicyclic amines) is 1. The van der Waals surface area contributed by atoms with Crippen LogP contribution in [-0.4, -0.2) is 45.6 Å². The third-order valence-corrected chi connectivity index (χ3v) is 5.41. The Morgan fingerprint density at radius 3 is 2.88 bits per heavy atom. The van der Waals surface area contributed by atoms with Crippen LogP contribution in [0.5, 0.6) is 0 Å². The maximum atomic E-state index is 6.18. The van der Waals surface area contributed by atoms with E-state index in [1.807, 2.05) is 23.7 Å². The highest BCUT2D eigenvalue weighted by molar-refractivity contribution is 7.13. The Morgan fingerprint density at radius 1 is 1.25 bits per heavy atom. The van der Waals surface area contributed by atoms with Gasteiger partial charge in [0, 0.05) is 43.8 Å². The van der Waals surface area contributed by atoms with Gasteiger partial charge in [-0.3, -0.25) is 0 Å². The lowest BCUT2D eigenvalue weighted by Crippen LogP contribution is -2.37. The fourth-order valence-electron chi connectivity index (χ4n) is 3.48. The predicted molar refractivity (Wildman–Crippen MR) is 99.5 cm³/mol. The monoisotopic (exact) mass is 342 g/mol. The standard InChI is InChI=1S/C17H22N6S/c18-16-21-14-3-1-2-4-15(14)23(16)13-5-9-22(10-6-13)11-7-19-17-20-8-12-24-17/h1-4,8,12-13H,5-7,9-11H2,(H2,18,21)(H,19,20). The van der Waals surface area contributed by atoms with Crippen molar-refractivity contribution in [3.63, 3.8) is 0 Å². The Bertz CT molecular complexity index is 789. The number of benzene rings is 1. The van der Waals surface area contributed by atoms with Gasteiger partial charge in [-0.05, 0) is 25.0 Å². The van der Waals surface area contributed by atoms with Crippen molar-refractivity contribution in [2.45, 2.75) is 18.9 Å². The van der Waals surface area contributed by atoms with E-state index in [-0.39, 0.29) is 0 Å². The van der Waals surface area contributed by atoms with Gasteiger partial charge in [-0.25, -0.2) is 9.97 Å². The van der Waals surface area contributed by atoms with Gasteiger partial charge in [0.1, 0.15) is 0 Å². The van der Waals surface area contributed by atoms with E-state index in [0.717, 1.165) is 55.2 Å². The molecule has 7 heteroatoms. The second-order valence-electron chi connectivity index (χ2n) is 6.17. The number of fused-ring (bicyclic) bond motifs is 1. The quantitative estimate of drug-likeness (QED) is 0.746. The molecule has 3 heterocycles. The summed E-state index contributed by atoms with van der Waals surface area (Å²) in [4.78, 5) is 11.3. The van der Waals surface area contributed by atoms with Crippen LogP contribution in [0.1, 0.15) is 18.9 Å². The van der Waals surface area contributed by atoms with E-state index in [4.69, 9.17) is 5.73 Å². The summed E-state index contributed by atoms with van der Waals surface area (Å²) in [5.74, 6) is 0.639. The van der Waals surface area contributed by atoms with Gasteiger partial charge >= 0.3 is 0 Å². The molecule has 4 rings (SSSR count). The van der Waals surface area contributed by atoms with Crippen LogP contribution in [0.3, 0.4) is 0 Å². The molecule has 0 bridgehead atoms. The number of rotatable bonds is 5. The van der Waals surface area contributed by atoms with E-state index in [1.54, 1.807) is 11.3 Å². The number of anilines is 2. The number of nitrogens with zero attached hydrogens (tertiary/aromatic N) is 4. The molecule has 1 saturated heterocycles. The van der Waals surface area contributed by atoms with E-state index in [1.165, 1.54) is 0 Å². The van der Waals surface area contributed by atoms with Gasteiger partial charge in [0.2, 0.25) is 5.95 Å². The first-order valence-electron chi connectivity index (χ1n) is 8.39. The molecule has 0 atom stereocenters. The van der Waals surface area contributed by atoms with E-state index in [9.17, 15) is 0 Å². The van der Waals surface area contributed by atoms with Gasteiger partial charge in [-0.2, -0.15) is 0 Å². The minimum Gasteiger partial charge on any atom is -0.369 e. The zero-order chi connectivity index (χ0) is 16.4. The van der Waals surface area contributed by atoms with Crippen LogP contribution < -0.4 is 11.1 Å². The molecule has 3 aromatic rings. The zero-order valence-electron chi connectivity index (χ0n) is 13.6. The zero-order valence-corrected chi connectivity index (χ0v) is 14.4. The van der Waals surface area contributed by atoms with Crippen molar-refractivity contribution < 1.29 is 0 Å². The minimum absolute atomic E-state index is 0.445. The topological polar surface area (TPSA) is 72.0 Å². The van der Waals surface area contributed by atoms with Gasteiger partial charge < -0.3 is 20.5 Å². The second-order valence-corrected chi connectivity index (χ2v) is 7.06. The number of piperidine rings is 1. The van der Waals surface area contributed by atoms with Crippen LogP contribution in [0.25, 0.3) is 11.0 Å². The van der Waals surface area contributed by atoms with Crippen molar-refractivity contribution >= 4 is 33.5 Å². The highest BCUT2D eigenvalue weighted by atomic mass is 32.1. The first-order valence-corrected chi connectivity index (χ1v) is 9.27. The molecule has 2 aromatic heterocycles. The van der Waals surface area contributed by atoms with Gasteiger partial charge in [-0.1, -0.05) is 12.1 Å². The first kappa shape index (κ1) is 15.4. The largest absolute Gasteiger partial charge is 0.369 e. The lowest BCUT2D eigenvalue weighted by molar-refractivity contribution is 0.195. The number of thiazole rings is 1. The van der Waals surface area contributed by atoms with E-state index in [2.05, 4.69) is 36.9 Å². The number of nitrogens with two attached hydrogens (primary N) is 1. The Hall–Kier alpha value is -2.12. The number of hydrogen-bond acceptors (Lipinski definition) is 6. The van der Waals surface area contributed by atoms with Gasteiger partial charge in [0.05, 0.1) is 11.0 Å². The van der Waals surface area contributed by atoms with Crippen molar-refractivity contribution in [1.29, 1.82) is 0 Å². The number of aromatic nitrogens is 3. The van der Waals surface area contributed by atoms with Crippen molar-refractivity contribution in [3.05, 3.63) is 35.8 Å². The summed E-state index contributed by atoms with van der Waals surface area (Å²) in [7, 11) is 0. The molecule has 0 spiro atoms. The van der Waals surface area contributed by atoms with Crippen LogP contribution in [-0.2, 0) is 0 Å². The van der Waals surface area contributed by atoms with Crippen molar-refractivity contribution in [3.8, 4) is 0 Å². The molecule has 1 aliphatic rings. The summed E-state index contributed by atoms with van der Waals surface area (Å²) < 4.78 is 2.22. The van der Waals surface area contributed by atoms with Crippen molar-refractivity contribution in [2.75, 3.05) is 37.2 Å². The molecule has 126 valence electrons. The smallest absolute Gasteiger partial charge is 0.201 e. The predicted octanol–water partition coefficient (Wildman–Crippen LogP) is 2.82. The molecule has 6 nitrogen and oxygen atoms in total. The molecule has 1 aliphatic heterocycles. The van der Waals surface area contributed by atoms with Crippen LogP contribution >= 0.6 is 11.3 Å². The SMILES string of the molecule is Nc1nc2ccccc2n1C1CCN(CCNc2nccs2)CC1. The van der Waals surface area contributed by atoms with Gasteiger partial charge in [-0.15, -0.1) is 11.3 Å². The number of nitrogens with one attached hydrogen (secondary N) is 1. The van der Waals surface area contributed by atoms with Crippen molar-refractivity contribution in [1.82, 2.24) is 19.4 Å². The molecule has 0 radical (unpaired) electrons. The van der Waals surface area contributed by atoms with Crippen LogP contribution in [0.4, 0.5) is 11.1 Å². The Kier molecular flexibility index (Phi) is 4.36. The number of para-hydroxylation sites is 2. The minimum atomic E-state index is 0.445. The molecule has 3 N–H and O–H groups in total. The lowest BCUT2D eigenvalue weighted by atomic mass is 10.0. The summed E-state index contributed by atoms with van der Waals surface area (Å²) in [5, 5.41) is 6.37. The Labute approximate surface area is 145 Å². The van der Waals surface area contributed by atoms with Gasteiger partial charge in [0.25, 0.3) is 0 Å². The fourth-order valence-corrected chi connectivity index (χ4v) is 4.04. The maximum Gasteiger partial charge on any atom is 0.201 e. The fraction of sp³-hybridized carbons (Fsp3) is 0.412. The number of nitrogen functional groups attached to an aromatic ring is 1. The first-order chi connectivity index (χ1) is 11.8. The summed E-state index contributed by atoms with van der Waals surface area (Å²) >= 11 is 1.65. The Balaban J connectivity index is 1.34. The summed E-state index contributed by atoms with van der Waals surface area (Å²) in [5.41, 5.74) is 8.32. The summed E-state index contributed by atoms with van der Waals surface area (Å²) in [6.45, 7) is 4.17. The molecule has 0 saturated carbocycles. The second kappa shape index (κ2) is 6.78. The van der Waals surface area contributed by atoms with Gasteiger partial charge in [0.15, 0.2) is 5.13 Å². The Morgan fingerprint density at radius 2 is 2.08 bits per heavy atom. The summed E-state index contributed by atoms with van der Waals surface area (Å²) in [6, 6.07) is 8.65. The molecule has 1 fully saturated rings. The lowest BCUT2D eigenvalue weighted by Gasteiger charge is -2.33. The average molecular weight is 342 g/mol. The van der Waals surface area contributed by atoms with Crippen LogP contribution in [0, 0.1) is 0 Å². The van der Waals surface area contributed by atoms with E-state index >= 15 is 0 Å². The number of hydrogen-bond donors (Lipinski definition) is 2. The average Bonchev–Trinajstić information content (AvgIpc) is 3.22. The molecule has 0 aliphatic carbocycles. The highest BCUT2D eigenvalue weighted by Gasteiger charge is 2.23. The molecular formula is C17H22N6S. The molecular weight excluding hydrogens is 320 g/mol. The van der Waals surface area contributed by atoms with E-state index < -0.39 is 0 Å². The van der Waals surface area contributed by atoms with E-state index in [0.29, 0.717) is 12.0 Å². The third kappa shape index (κ3) is 3.09. The number of imidazole rings is 1. The van der Waals surface area contributed by atoms with Crippen LogP contribution in [0.15, 0.2) is 35.8 Å². The molecule has 1 aromatic carbocycles. The molecule has 0 unspecified atom stereocenters. The van der Waals surface area contributed by atoms with Crippen molar-refractivity contribution in [2.24, 2.45) is 0 Å². The highest BCUT2D eigenvalue weighted by Crippen LogP contribution is 2.29. The summed E-state index contributed by atoms with van der Waals surface area (Å²) in [6.07, 6.45) is 4.06. The third-order valence-electron chi connectivity index (χ3n) is 4.68. The molecule has 0 amide bonds. The van der Waals surface area contributed by atoms with Crippen LogP contribution in [0.2, 0.25) is 0 Å².